The highest BCUT2D eigenvalue weighted by atomic mass is 16.5. The van der Waals surface area contributed by atoms with E-state index in [4.69, 9.17) is 4.74 Å². The summed E-state index contributed by atoms with van der Waals surface area (Å²) in [5.74, 6) is 0.652. The highest BCUT2D eigenvalue weighted by molar-refractivity contribution is 6.07. The zero-order valence-corrected chi connectivity index (χ0v) is 20.7. The lowest BCUT2D eigenvalue weighted by atomic mass is 9.91. The third-order valence-electron chi connectivity index (χ3n) is 7.26. The van der Waals surface area contributed by atoms with Crippen molar-refractivity contribution in [3.63, 3.8) is 0 Å². The van der Waals surface area contributed by atoms with E-state index in [1.54, 1.807) is 47.8 Å². The van der Waals surface area contributed by atoms with Crippen molar-refractivity contribution in [2.45, 2.75) is 37.6 Å². The number of hydrogen-bond donors (Lipinski definition) is 0. The zero-order chi connectivity index (χ0) is 25.4. The van der Waals surface area contributed by atoms with E-state index in [1.807, 2.05) is 36.4 Å². The average Bonchev–Trinajstić information content (AvgIpc) is 3.58. The van der Waals surface area contributed by atoms with E-state index in [0.29, 0.717) is 42.2 Å². The fourth-order valence-electron chi connectivity index (χ4n) is 4.94. The quantitative estimate of drug-likeness (QED) is 0.450. The van der Waals surface area contributed by atoms with Gasteiger partial charge in [-0.3, -0.25) is 9.59 Å². The van der Waals surface area contributed by atoms with Gasteiger partial charge in [-0.2, -0.15) is 10.0 Å². The summed E-state index contributed by atoms with van der Waals surface area (Å²) in [6.07, 6.45) is 3.06. The van der Waals surface area contributed by atoms with Crippen LogP contribution in [0, 0.1) is 4.91 Å². The minimum atomic E-state index is -0.173. The van der Waals surface area contributed by atoms with Gasteiger partial charge in [-0.15, -0.1) is 0 Å². The molecule has 2 amide bonds. The van der Waals surface area contributed by atoms with Crippen LogP contribution in [-0.4, -0.2) is 54.2 Å². The first-order chi connectivity index (χ1) is 17.4. The van der Waals surface area contributed by atoms with Crippen molar-refractivity contribution >= 4 is 17.5 Å². The van der Waals surface area contributed by atoms with E-state index < -0.39 is 0 Å². The van der Waals surface area contributed by atoms with Crippen LogP contribution >= 0.6 is 0 Å². The Hall–Kier alpha value is -4.01. The lowest BCUT2D eigenvalue weighted by molar-refractivity contribution is -0.129. The van der Waals surface area contributed by atoms with Crippen LogP contribution in [0.5, 0.6) is 5.75 Å². The molecule has 186 valence electrons. The second kappa shape index (κ2) is 9.22. The first kappa shape index (κ1) is 23.7. The Morgan fingerprint density at radius 3 is 2.33 bits per heavy atom. The van der Waals surface area contributed by atoms with E-state index in [2.05, 4.69) is 10.3 Å². The maximum Gasteiger partial charge on any atom is 0.277 e. The molecule has 9 heteroatoms. The number of nitrogens with zero attached hydrogens (tertiary/aromatic N) is 5. The maximum atomic E-state index is 13.7. The van der Waals surface area contributed by atoms with Crippen LogP contribution < -0.4 is 9.64 Å². The molecule has 1 fully saturated rings. The van der Waals surface area contributed by atoms with Crippen molar-refractivity contribution in [3.8, 4) is 11.4 Å². The zero-order valence-electron chi connectivity index (χ0n) is 20.7. The molecule has 2 heterocycles. The summed E-state index contributed by atoms with van der Waals surface area (Å²) in [5, 5.41) is 7.60. The summed E-state index contributed by atoms with van der Waals surface area (Å²) in [6, 6.07) is 15.3. The van der Waals surface area contributed by atoms with Gasteiger partial charge in [0.15, 0.2) is 0 Å². The molecule has 0 radical (unpaired) electrons. The standard InChI is InChI=1S/C27H29N5O4/c1-30(2)24(33)16-27(13-14-27)18-4-6-19(7-5-18)31-15-12-22-23(17-28-35)29-32(25(22)26(31)34)20-8-10-21(36-3)11-9-20/h4-11H,12-17H2,1-3H3. The minimum Gasteiger partial charge on any atom is -0.497 e. The van der Waals surface area contributed by atoms with Gasteiger partial charge >= 0.3 is 0 Å². The van der Waals surface area contributed by atoms with Crippen molar-refractivity contribution in [2.24, 2.45) is 5.18 Å². The summed E-state index contributed by atoms with van der Waals surface area (Å²) in [7, 11) is 5.16. The second-order valence-electron chi connectivity index (χ2n) is 9.67. The molecule has 9 nitrogen and oxygen atoms in total. The van der Waals surface area contributed by atoms with E-state index in [0.717, 1.165) is 29.7 Å². The highest BCUT2D eigenvalue weighted by Crippen LogP contribution is 2.51. The van der Waals surface area contributed by atoms with Gasteiger partial charge in [0.05, 0.1) is 18.5 Å². The Kier molecular flexibility index (Phi) is 6.07. The van der Waals surface area contributed by atoms with Crippen LogP contribution in [0.1, 0.15) is 46.6 Å². The number of anilines is 1. The first-order valence-corrected chi connectivity index (χ1v) is 12.0. The molecule has 1 aliphatic heterocycles. The Morgan fingerprint density at radius 2 is 1.75 bits per heavy atom. The van der Waals surface area contributed by atoms with E-state index in [-0.39, 0.29) is 23.8 Å². The molecule has 2 aromatic carbocycles. The van der Waals surface area contributed by atoms with Gasteiger partial charge in [0.25, 0.3) is 5.91 Å². The molecule has 3 aromatic rings. The van der Waals surface area contributed by atoms with Crippen LogP contribution in [0.2, 0.25) is 0 Å². The van der Waals surface area contributed by atoms with Crippen molar-refractivity contribution < 1.29 is 14.3 Å². The normalized spacial score (nSPS) is 15.9. The Labute approximate surface area is 209 Å². The van der Waals surface area contributed by atoms with Gasteiger partial charge in [0.2, 0.25) is 5.91 Å². The number of amides is 2. The predicted molar refractivity (Wildman–Crippen MR) is 136 cm³/mol. The molecular weight excluding hydrogens is 458 g/mol. The SMILES string of the molecule is COc1ccc(-n2nc(CN=O)c3c2C(=O)N(c2ccc(C4(CC(=O)N(C)C)CC4)cc2)CC3)cc1. The number of hydrogen-bond acceptors (Lipinski definition) is 6. The Balaban J connectivity index is 1.45. The summed E-state index contributed by atoms with van der Waals surface area (Å²) >= 11 is 0. The average molecular weight is 488 g/mol. The summed E-state index contributed by atoms with van der Waals surface area (Å²) in [6.45, 7) is 0.400. The third-order valence-corrected chi connectivity index (χ3v) is 7.26. The fourth-order valence-corrected chi connectivity index (χ4v) is 4.94. The molecule has 1 aromatic heterocycles. The highest BCUT2D eigenvalue weighted by Gasteiger charge is 2.46. The number of nitroso groups, excluding NO2 is 1. The molecule has 0 N–H and O–H groups in total. The number of rotatable bonds is 8. The van der Waals surface area contributed by atoms with Crippen molar-refractivity contribution in [2.75, 3.05) is 32.6 Å². The Bertz CT molecular complexity index is 1310. The number of aromatic nitrogens is 2. The van der Waals surface area contributed by atoms with Crippen LogP contribution in [0.4, 0.5) is 5.69 Å². The van der Waals surface area contributed by atoms with Crippen LogP contribution in [0.15, 0.2) is 53.7 Å². The van der Waals surface area contributed by atoms with Crippen LogP contribution in [-0.2, 0) is 23.2 Å². The molecule has 0 spiro atoms. The van der Waals surface area contributed by atoms with Gasteiger partial charge in [-0.05, 0) is 61.2 Å². The summed E-state index contributed by atoms with van der Waals surface area (Å²) in [4.78, 5) is 40.5. The van der Waals surface area contributed by atoms with Gasteiger partial charge < -0.3 is 14.5 Å². The molecule has 0 bridgehead atoms. The Morgan fingerprint density at radius 1 is 1.08 bits per heavy atom. The first-order valence-electron chi connectivity index (χ1n) is 12.0. The maximum absolute atomic E-state index is 13.7. The van der Waals surface area contributed by atoms with Gasteiger partial charge in [0, 0.05) is 43.7 Å². The van der Waals surface area contributed by atoms with Crippen LogP contribution in [0.3, 0.4) is 0 Å². The van der Waals surface area contributed by atoms with Crippen molar-refractivity contribution in [1.82, 2.24) is 14.7 Å². The predicted octanol–water partition coefficient (Wildman–Crippen LogP) is 3.86. The lowest BCUT2D eigenvalue weighted by Gasteiger charge is -2.28. The van der Waals surface area contributed by atoms with E-state index >= 15 is 0 Å². The van der Waals surface area contributed by atoms with Crippen LogP contribution in [0.25, 0.3) is 5.69 Å². The summed E-state index contributed by atoms with van der Waals surface area (Å²) < 4.78 is 6.85. The van der Waals surface area contributed by atoms with Crippen molar-refractivity contribution in [1.29, 1.82) is 0 Å². The fraction of sp³-hybridized carbons (Fsp3) is 0.370. The largest absolute Gasteiger partial charge is 0.497 e. The number of ether oxygens (including phenoxy) is 1. The molecule has 2 aliphatic rings. The number of carbonyl (C=O) groups is 2. The lowest BCUT2D eigenvalue weighted by Crippen LogP contribution is -2.38. The van der Waals surface area contributed by atoms with E-state index in [1.165, 1.54) is 0 Å². The topological polar surface area (TPSA) is 97.1 Å². The molecule has 0 atom stereocenters. The molecule has 1 saturated carbocycles. The molecular formula is C27H29N5O4. The smallest absolute Gasteiger partial charge is 0.277 e. The minimum absolute atomic E-state index is 0.0821. The van der Waals surface area contributed by atoms with Gasteiger partial charge in [-0.25, -0.2) is 4.68 Å². The molecule has 36 heavy (non-hydrogen) atoms. The number of methoxy groups -OCH3 is 1. The second-order valence-corrected chi connectivity index (χ2v) is 9.67. The van der Waals surface area contributed by atoms with Gasteiger partial charge in [-0.1, -0.05) is 17.3 Å². The molecule has 1 aliphatic carbocycles. The number of fused-ring (bicyclic) bond motifs is 1. The number of carbonyl (C=O) groups excluding carboxylic acids is 2. The van der Waals surface area contributed by atoms with Crippen molar-refractivity contribution in [3.05, 3.63) is 76.0 Å². The third kappa shape index (κ3) is 4.14. The summed E-state index contributed by atoms with van der Waals surface area (Å²) in [5.41, 5.74) is 4.28. The molecule has 5 rings (SSSR count). The molecule has 0 unspecified atom stereocenters. The monoisotopic (exact) mass is 487 g/mol. The van der Waals surface area contributed by atoms with Gasteiger partial charge in [0.1, 0.15) is 18.0 Å². The molecule has 0 saturated heterocycles. The number of benzene rings is 2. The van der Waals surface area contributed by atoms with E-state index in [9.17, 15) is 14.5 Å².